The molecular formula is C23H19BrClNO3. The summed E-state index contributed by atoms with van der Waals surface area (Å²) in [5, 5.41) is 13.4. The molecule has 4 rings (SSSR count). The van der Waals surface area contributed by atoms with Crippen LogP contribution in [0.5, 0.6) is 0 Å². The monoisotopic (exact) mass is 471 g/mol. The minimum atomic E-state index is -0.884. The highest BCUT2D eigenvalue weighted by atomic mass is 79.9. The van der Waals surface area contributed by atoms with Crippen LogP contribution in [0.15, 0.2) is 71.2 Å². The summed E-state index contributed by atoms with van der Waals surface area (Å²) in [5.74, 6) is 0.00181. The predicted molar refractivity (Wildman–Crippen MR) is 117 cm³/mol. The molecule has 148 valence electrons. The summed E-state index contributed by atoms with van der Waals surface area (Å²) in [6.07, 6.45) is -1.45. The van der Waals surface area contributed by atoms with E-state index in [1.807, 2.05) is 24.3 Å². The zero-order valence-corrected chi connectivity index (χ0v) is 17.8. The molecule has 0 bridgehead atoms. The van der Waals surface area contributed by atoms with Crippen LogP contribution in [0, 0.1) is 0 Å². The topological polar surface area (TPSA) is 58.6 Å². The molecule has 1 aliphatic carbocycles. The second-order valence-electron chi connectivity index (χ2n) is 6.93. The number of benzene rings is 3. The van der Waals surface area contributed by atoms with Gasteiger partial charge in [0.15, 0.2) is 0 Å². The molecule has 0 radical (unpaired) electrons. The zero-order valence-electron chi connectivity index (χ0n) is 15.4. The van der Waals surface area contributed by atoms with Crippen LogP contribution >= 0.6 is 27.5 Å². The van der Waals surface area contributed by atoms with Crippen molar-refractivity contribution >= 4 is 33.6 Å². The molecule has 3 aromatic carbocycles. The van der Waals surface area contributed by atoms with E-state index < -0.39 is 12.2 Å². The Morgan fingerprint density at radius 3 is 2.31 bits per heavy atom. The number of alkyl carbamates (subject to hydrolysis) is 1. The molecule has 0 saturated heterocycles. The van der Waals surface area contributed by atoms with Gasteiger partial charge in [0.1, 0.15) is 6.61 Å². The number of carbonyl (C=O) groups excluding carboxylic acids is 1. The smallest absolute Gasteiger partial charge is 0.407 e. The van der Waals surface area contributed by atoms with E-state index in [4.69, 9.17) is 16.3 Å². The van der Waals surface area contributed by atoms with Gasteiger partial charge < -0.3 is 15.2 Å². The van der Waals surface area contributed by atoms with Crippen LogP contribution in [-0.2, 0) is 4.74 Å². The lowest BCUT2D eigenvalue weighted by Gasteiger charge is -2.16. The summed E-state index contributed by atoms with van der Waals surface area (Å²) >= 11 is 9.35. The molecule has 1 amide bonds. The van der Waals surface area contributed by atoms with Gasteiger partial charge in [0.05, 0.1) is 12.6 Å². The van der Waals surface area contributed by atoms with Gasteiger partial charge in [-0.25, -0.2) is 4.79 Å². The fourth-order valence-electron chi connectivity index (χ4n) is 3.71. The molecule has 0 spiro atoms. The van der Waals surface area contributed by atoms with E-state index in [0.29, 0.717) is 10.6 Å². The van der Waals surface area contributed by atoms with Crippen molar-refractivity contribution in [3.63, 3.8) is 0 Å². The van der Waals surface area contributed by atoms with Crippen molar-refractivity contribution in [3.8, 4) is 11.1 Å². The summed E-state index contributed by atoms with van der Waals surface area (Å²) < 4.78 is 6.24. The number of nitrogens with one attached hydrogen (secondary N) is 1. The van der Waals surface area contributed by atoms with Crippen LogP contribution in [0.4, 0.5) is 4.79 Å². The zero-order chi connectivity index (χ0) is 20.4. The number of aliphatic hydroxyl groups is 1. The number of hydrogen-bond donors (Lipinski definition) is 2. The van der Waals surface area contributed by atoms with Crippen molar-refractivity contribution in [1.82, 2.24) is 5.32 Å². The van der Waals surface area contributed by atoms with Crippen LogP contribution in [0.3, 0.4) is 0 Å². The number of carbonyl (C=O) groups is 1. The second-order valence-corrected chi connectivity index (χ2v) is 8.28. The average Bonchev–Trinajstić information content (AvgIpc) is 3.03. The molecule has 0 fully saturated rings. The maximum atomic E-state index is 12.2. The van der Waals surface area contributed by atoms with Crippen molar-refractivity contribution in [2.24, 2.45) is 0 Å². The van der Waals surface area contributed by atoms with Crippen LogP contribution in [0.1, 0.15) is 28.7 Å². The lowest BCUT2D eigenvalue weighted by molar-refractivity contribution is 0.128. The Morgan fingerprint density at radius 1 is 1.07 bits per heavy atom. The quantitative estimate of drug-likeness (QED) is 0.503. The van der Waals surface area contributed by atoms with E-state index in [2.05, 4.69) is 45.5 Å². The molecule has 0 heterocycles. The Morgan fingerprint density at radius 2 is 1.69 bits per heavy atom. The van der Waals surface area contributed by atoms with Gasteiger partial charge in [-0.05, 0) is 46.0 Å². The first kappa shape index (κ1) is 20.0. The first-order valence-corrected chi connectivity index (χ1v) is 10.4. The molecule has 0 aromatic heterocycles. The fourth-order valence-corrected chi connectivity index (χ4v) is 4.60. The highest BCUT2D eigenvalue weighted by molar-refractivity contribution is 9.10. The van der Waals surface area contributed by atoms with Gasteiger partial charge in [-0.1, -0.05) is 76.1 Å². The molecule has 1 aliphatic rings. The van der Waals surface area contributed by atoms with E-state index in [9.17, 15) is 9.90 Å². The Labute approximate surface area is 182 Å². The van der Waals surface area contributed by atoms with E-state index >= 15 is 0 Å². The van der Waals surface area contributed by atoms with E-state index in [1.165, 1.54) is 11.1 Å². The highest BCUT2D eigenvalue weighted by Crippen LogP contribution is 2.44. The molecule has 0 saturated carbocycles. The minimum absolute atomic E-state index is 0.00181. The number of fused-ring (bicyclic) bond motifs is 3. The number of ether oxygens (including phenoxy) is 1. The first-order chi connectivity index (χ1) is 14.0. The third kappa shape index (κ3) is 4.32. The molecule has 0 unspecified atom stereocenters. The SMILES string of the molecule is O=C(NC[C@@H](O)c1cc(Cl)cc(Br)c1)OCC1c2ccccc2-c2ccccc21. The van der Waals surface area contributed by atoms with Gasteiger partial charge in [0, 0.05) is 15.4 Å². The van der Waals surface area contributed by atoms with Crippen molar-refractivity contribution in [3.05, 3.63) is 92.9 Å². The van der Waals surface area contributed by atoms with Gasteiger partial charge in [0.25, 0.3) is 0 Å². The summed E-state index contributed by atoms with van der Waals surface area (Å²) in [4.78, 5) is 12.2. The Hall–Kier alpha value is -2.34. The maximum absolute atomic E-state index is 12.2. The third-order valence-corrected chi connectivity index (χ3v) is 5.73. The van der Waals surface area contributed by atoms with Gasteiger partial charge in [0.2, 0.25) is 0 Å². The summed E-state index contributed by atoms with van der Waals surface area (Å²) in [6, 6.07) is 21.5. The molecule has 3 aromatic rings. The summed E-state index contributed by atoms with van der Waals surface area (Å²) in [6.45, 7) is 0.266. The number of rotatable bonds is 5. The van der Waals surface area contributed by atoms with E-state index in [0.717, 1.165) is 15.6 Å². The van der Waals surface area contributed by atoms with Gasteiger partial charge >= 0.3 is 6.09 Å². The van der Waals surface area contributed by atoms with Gasteiger partial charge in [-0.15, -0.1) is 0 Å². The van der Waals surface area contributed by atoms with Crippen molar-refractivity contribution in [2.45, 2.75) is 12.0 Å². The predicted octanol–water partition coefficient (Wildman–Crippen LogP) is 5.67. The average molecular weight is 473 g/mol. The largest absolute Gasteiger partial charge is 0.449 e. The summed E-state index contributed by atoms with van der Waals surface area (Å²) in [7, 11) is 0. The molecule has 0 aliphatic heterocycles. The highest BCUT2D eigenvalue weighted by Gasteiger charge is 2.29. The Bertz CT molecular complexity index is 990. The molecule has 4 nitrogen and oxygen atoms in total. The lowest BCUT2D eigenvalue weighted by atomic mass is 9.98. The van der Waals surface area contributed by atoms with Crippen LogP contribution < -0.4 is 5.32 Å². The van der Waals surface area contributed by atoms with Crippen molar-refractivity contribution in [2.75, 3.05) is 13.2 Å². The third-order valence-electron chi connectivity index (χ3n) is 5.05. The van der Waals surface area contributed by atoms with E-state index in [1.54, 1.807) is 18.2 Å². The molecule has 6 heteroatoms. The second kappa shape index (κ2) is 8.57. The fraction of sp³-hybridized carbons (Fsp3) is 0.174. The van der Waals surface area contributed by atoms with Crippen LogP contribution in [-0.4, -0.2) is 24.4 Å². The molecule has 1 atom stereocenters. The molecule has 2 N–H and O–H groups in total. The Balaban J connectivity index is 1.38. The number of halogens is 2. The Kier molecular flexibility index (Phi) is 5.90. The number of aliphatic hydroxyl groups excluding tert-OH is 1. The van der Waals surface area contributed by atoms with Crippen LogP contribution in [0.25, 0.3) is 11.1 Å². The van der Waals surface area contributed by atoms with Crippen molar-refractivity contribution < 1.29 is 14.6 Å². The normalized spacial score (nSPS) is 13.5. The van der Waals surface area contributed by atoms with Crippen LogP contribution in [0.2, 0.25) is 5.02 Å². The minimum Gasteiger partial charge on any atom is -0.449 e. The number of hydrogen-bond acceptors (Lipinski definition) is 3. The lowest BCUT2D eigenvalue weighted by Crippen LogP contribution is -2.30. The molecule has 29 heavy (non-hydrogen) atoms. The first-order valence-electron chi connectivity index (χ1n) is 9.26. The standard InChI is InChI=1S/C23H19BrClNO3/c24-15-9-14(10-16(25)11-15)22(27)12-26-23(28)29-13-21-19-7-3-1-5-17(19)18-6-2-4-8-20(18)21/h1-11,21-22,27H,12-13H2,(H,26,28)/t22-/m1/s1. The van der Waals surface area contributed by atoms with E-state index in [-0.39, 0.29) is 19.1 Å². The summed E-state index contributed by atoms with van der Waals surface area (Å²) in [5.41, 5.74) is 5.29. The number of amides is 1. The molecular weight excluding hydrogens is 454 g/mol. The van der Waals surface area contributed by atoms with Gasteiger partial charge in [-0.2, -0.15) is 0 Å². The van der Waals surface area contributed by atoms with Crippen molar-refractivity contribution in [1.29, 1.82) is 0 Å². The van der Waals surface area contributed by atoms with Gasteiger partial charge in [-0.3, -0.25) is 0 Å². The maximum Gasteiger partial charge on any atom is 0.407 e.